The number of anilines is 3. The minimum absolute atomic E-state index is 0.0944. The van der Waals surface area contributed by atoms with Gasteiger partial charge < -0.3 is 15.5 Å². The standard InChI is InChI=1S/C17H16N2O2/c1-10-7-8-12(9-11(10)2)19-15-13-5-3-4-6-14(13)17(20)21-16(15)18/h3-9,19H,18H2,1-2H3. The second kappa shape index (κ2) is 4.98. The Kier molecular flexibility index (Phi) is 3.14. The fourth-order valence-corrected chi connectivity index (χ4v) is 2.31. The SMILES string of the molecule is Cc1ccc(Nc2c(N)oc(=O)c3ccccc23)cc1C. The lowest BCUT2D eigenvalue weighted by atomic mass is 10.1. The summed E-state index contributed by atoms with van der Waals surface area (Å²) in [7, 11) is 0. The minimum Gasteiger partial charge on any atom is -0.404 e. The van der Waals surface area contributed by atoms with E-state index in [1.807, 2.05) is 37.3 Å². The second-order valence-corrected chi connectivity index (χ2v) is 5.10. The Hall–Kier alpha value is -2.75. The molecule has 4 nitrogen and oxygen atoms in total. The average molecular weight is 280 g/mol. The number of hydrogen-bond donors (Lipinski definition) is 2. The summed E-state index contributed by atoms with van der Waals surface area (Å²) in [5.74, 6) is 0.0944. The lowest BCUT2D eigenvalue weighted by Crippen LogP contribution is -2.06. The fraction of sp³-hybridized carbons (Fsp3) is 0.118. The summed E-state index contributed by atoms with van der Waals surface area (Å²) >= 11 is 0. The van der Waals surface area contributed by atoms with Crippen molar-refractivity contribution < 1.29 is 4.42 Å². The van der Waals surface area contributed by atoms with Gasteiger partial charge >= 0.3 is 5.63 Å². The first-order chi connectivity index (χ1) is 10.1. The summed E-state index contributed by atoms with van der Waals surface area (Å²) in [6, 6.07) is 13.3. The Labute approximate surface area is 122 Å². The first kappa shape index (κ1) is 13.2. The zero-order chi connectivity index (χ0) is 15.0. The maximum atomic E-state index is 11.8. The Morgan fingerprint density at radius 1 is 1.00 bits per heavy atom. The molecule has 21 heavy (non-hydrogen) atoms. The predicted molar refractivity (Wildman–Crippen MR) is 86.1 cm³/mol. The molecule has 0 fully saturated rings. The fourth-order valence-electron chi connectivity index (χ4n) is 2.31. The van der Waals surface area contributed by atoms with Gasteiger partial charge in [-0.2, -0.15) is 0 Å². The van der Waals surface area contributed by atoms with E-state index in [2.05, 4.69) is 12.2 Å². The number of fused-ring (bicyclic) bond motifs is 1. The summed E-state index contributed by atoms with van der Waals surface area (Å²) < 4.78 is 5.11. The van der Waals surface area contributed by atoms with Crippen molar-refractivity contribution in [2.24, 2.45) is 0 Å². The van der Waals surface area contributed by atoms with Crippen LogP contribution in [0.3, 0.4) is 0 Å². The van der Waals surface area contributed by atoms with Crippen LogP contribution in [0.4, 0.5) is 17.3 Å². The van der Waals surface area contributed by atoms with Crippen molar-refractivity contribution in [3.63, 3.8) is 0 Å². The van der Waals surface area contributed by atoms with E-state index in [0.29, 0.717) is 11.1 Å². The van der Waals surface area contributed by atoms with Crippen molar-refractivity contribution in [3.05, 3.63) is 64.0 Å². The van der Waals surface area contributed by atoms with E-state index in [-0.39, 0.29) is 5.88 Å². The molecular weight excluding hydrogens is 264 g/mol. The first-order valence-electron chi connectivity index (χ1n) is 6.72. The summed E-state index contributed by atoms with van der Waals surface area (Å²) in [5, 5.41) is 4.52. The summed E-state index contributed by atoms with van der Waals surface area (Å²) in [4.78, 5) is 11.8. The molecule has 0 amide bonds. The average Bonchev–Trinajstić information content (AvgIpc) is 2.47. The monoisotopic (exact) mass is 280 g/mol. The van der Waals surface area contributed by atoms with E-state index in [0.717, 1.165) is 11.1 Å². The lowest BCUT2D eigenvalue weighted by Gasteiger charge is -2.12. The number of rotatable bonds is 2. The molecule has 0 bridgehead atoms. The third-order valence-electron chi connectivity index (χ3n) is 3.64. The Bertz CT molecular complexity index is 882. The van der Waals surface area contributed by atoms with Gasteiger partial charge in [0.2, 0.25) is 5.88 Å². The number of nitrogens with two attached hydrogens (primary N) is 1. The molecule has 106 valence electrons. The molecule has 2 aromatic carbocycles. The summed E-state index contributed by atoms with van der Waals surface area (Å²) in [5.41, 5.74) is 9.38. The maximum Gasteiger partial charge on any atom is 0.345 e. The van der Waals surface area contributed by atoms with Gasteiger partial charge in [-0.3, -0.25) is 0 Å². The van der Waals surface area contributed by atoms with Gasteiger partial charge in [0.05, 0.1) is 5.39 Å². The van der Waals surface area contributed by atoms with E-state index >= 15 is 0 Å². The van der Waals surface area contributed by atoms with Crippen LogP contribution in [0.5, 0.6) is 0 Å². The number of aryl methyl sites for hydroxylation is 2. The quantitative estimate of drug-likeness (QED) is 0.750. The van der Waals surface area contributed by atoms with E-state index < -0.39 is 5.63 Å². The van der Waals surface area contributed by atoms with Crippen LogP contribution in [0.25, 0.3) is 10.8 Å². The van der Waals surface area contributed by atoms with E-state index in [1.54, 1.807) is 12.1 Å². The van der Waals surface area contributed by atoms with Crippen LogP contribution < -0.4 is 16.7 Å². The molecule has 1 aromatic heterocycles. The highest BCUT2D eigenvalue weighted by atomic mass is 16.4. The molecule has 0 saturated heterocycles. The van der Waals surface area contributed by atoms with Crippen LogP contribution >= 0.6 is 0 Å². The molecule has 0 aliphatic carbocycles. The molecule has 3 aromatic rings. The molecule has 3 rings (SSSR count). The van der Waals surface area contributed by atoms with Crippen LogP contribution in [0.15, 0.2) is 51.7 Å². The summed E-state index contributed by atoms with van der Waals surface area (Å²) in [6.07, 6.45) is 0. The largest absolute Gasteiger partial charge is 0.404 e. The van der Waals surface area contributed by atoms with Crippen LogP contribution in [0.1, 0.15) is 11.1 Å². The van der Waals surface area contributed by atoms with Gasteiger partial charge in [0.25, 0.3) is 0 Å². The van der Waals surface area contributed by atoms with Crippen LogP contribution in [-0.2, 0) is 0 Å². The molecule has 0 spiro atoms. The topological polar surface area (TPSA) is 68.3 Å². The van der Waals surface area contributed by atoms with Crippen LogP contribution in [-0.4, -0.2) is 0 Å². The van der Waals surface area contributed by atoms with Gasteiger partial charge in [0.1, 0.15) is 5.69 Å². The highest BCUT2D eigenvalue weighted by molar-refractivity contribution is 5.98. The van der Waals surface area contributed by atoms with Crippen molar-refractivity contribution in [3.8, 4) is 0 Å². The molecule has 0 unspecified atom stereocenters. The Morgan fingerprint density at radius 3 is 2.43 bits per heavy atom. The summed E-state index contributed by atoms with van der Waals surface area (Å²) in [6.45, 7) is 4.11. The number of nitrogens with one attached hydrogen (secondary N) is 1. The normalized spacial score (nSPS) is 10.8. The Balaban J connectivity index is 2.16. The van der Waals surface area contributed by atoms with Gasteiger partial charge in [-0.1, -0.05) is 24.3 Å². The van der Waals surface area contributed by atoms with Crippen molar-refractivity contribution in [1.82, 2.24) is 0 Å². The van der Waals surface area contributed by atoms with E-state index in [9.17, 15) is 4.79 Å². The number of hydrogen-bond acceptors (Lipinski definition) is 4. The maximum absolute atomic E-state index is 11.8. The molecule has 0 atom stereocenters. The van der Waals surface area contributed by atoms with Crippen molar-refractivity contribution >= 4 is 28.0 Å². The molecule has 4 heteroatoms. The molecule has 0 saturated carbocycles. The van der Waals surface area contributed by atoms with E-state index in [1.165, 1.54) is 11.1 Å². The lowest BCUT2D eigenvalue weighted by molar-refractivity contribution is 0.542. The zero-order valence-electron chi connectivity index (χ0n) is 11.9. The van der Waals surface area contributed by atoms with Crippen molar-refractivity contribution in [1.29, 1.82) is 0 Å². The highest BCUT2D eigenvalue weighted by Crippen LogP contribution is 2.30. The first-order valence-corrected chi connectivity index (χ1v) is 6.72. The van der Waals surface area contributed by atoms with Gasteiger partial charge in [-0.15, -0.1) is 0 Å². The predicted octanol–water partition coefficient (Wildman–Crippen LogP) is 3.74. The highest BCUT2D eigenvalue weighted by Gasteiger charge is 2.11. The number of benzene rings is 2. The van der Waals surface area contributed by atoms with Gasteiger partial charge in [-0.05, 0) is 43.2 Å². The second-order valence-electron chi connectivity index (χ2n) is 5.10. The van der Waals surface area contributed by atoms with Gasteiger partial charge in [-0.25, -0.2) is 4.79 Å². The van der Waals surface area contributed by atoms with Crippen molar-refractivity contribution in [2.45, 2.75) is 13.8 Å². The number of nitrogen functional groups attached to an aromatic ring is 1. The smallest absolute Gasteiger partial charge is 0.345 e. The van der Waals surface area contributed by atoms with Crippen LogP contribution in [0.2, 0.25) is 0 Å². The molecule has 0 aliphatic rings. The molecule has 0 radical (unpaired) electrons. The third kappa shape index (κ3) is 2.36. The minimum atomic E-state index is -0.422. The van der Waals surface area contributed by atoms with Gasteiger partial charge in [0.15, 0.2) is 0 Å². The molecule has 0 aliphatic heterocycles. The third-order valence-corrected chi connectivity index (χ3v) is 3.64. The molecule has 1 heterocycles. The molecule has 3 N–H and O–H groups in total. The van der Waals surface area contributed by atoms with Gasteiger partial charge in [0, 0.05) is 11.1 Å². The van der Waals surface area contributed by atoms with Crippen molar-refractivity contribution in [2.75, 3.05) is 11.1 Å². The zero-order valence-corrected chi connectivity index (χ0v) is 11.9. The Morgan fingerprint density at radius 2 is 1.71 bits per heavy atom. The van der Waals surface area contributed by atoms with E-state index in [4.69, 9.17) is 10.2 Å². The van der Waals surface area contributed by atoms with Crippen LogP contribution in [0, 0.1) is 13.8 Å². The molecular formula is C17H16N2O2.